The summed E-state index contributed by atoms with van der Waals surface area (Å²) in [5.74, 6) is 0.109. The van der Waals surface area contributed by atoms with Crippen LogP contribution in [-0.2, 0) is 6.42 Å². The molecule has 2 rings (SSSR count). The van der Waals surface area contributed by atoms with Crippen LogP contribution in [0.3, 0.4) is 0 Å². The van der Waals surface area contributed by atoms with E-state index in [1.165, 1.54) is 16.2 Å². The summed E-state index contributed by atoms with van der Waals surface area (Å²) in [6.07, 6.45) is 1.29. The third-order valence-corrected chi connectivity index (χ3v) is 4.06. The minimum Gasteiger partial charge on any atom is -0.351 e. The summed E-state index contributed by atoms with van der Waals surface area (Å²) in [7, 11) is 1.56. The van der Waals surface area contributed by atoms with Crippen molar-refractivity contribution < 1.29 is 9.59 Å². The standard InChI is InChI=1S/C11H15N3O2S/c1-11(2)4-6-8(7(15)5-11)17-10(13-6)14(3)9(12)16/h4-5H2,1-3H3,(H2,12,16). The number of carbonyl (C=O) groups is 2. The maximum absolute atomic E-state index is 11.9. The molecule has 0 fully saturated rings. The number of nitrogens with zero attached hydrogens (tertiary/aromatic N) is 2. The van der Waals surface area contributed by atoms with Crippen LogP contribution in [0.4, 0.5) is 9.93 Å². The molecule has 2 amide bonds. The van der Waals surface area contributed by atoms with Crippen LogP contribution < -0.4 is 10.6 Å². The molecular weight excluding hydrogens is 238 g/mol. The topological polar surface area (TPSA) is 76.3 Å². The Balaban J connectivity index is 2.40. The van der Waals surface area contributed by atoms with E-state index in [1.807, 2.05) is 13.8 Å². The first-order valence-corrected chi connectivity index (χ1v) is 6.18. The van der Waals surface area contributed by atoms with Gasteiger partial charge in [-0.05, 0) is 11.8 Å². The lowest BCUT2D eigenvalue weighted by Crippen LogP contribution is -2.31. The van der Waals surface area contributed by atoms with Gasteiger partial charge in [-0.15, -0.1) is 0 Å². The minimum atomic E-state index is -0.567. The van der Waals surface area contributed by atoms with Crippen LogP contribution >= 0.6 is 11.3 Å². The normalized spacial score (nSPS) is 17.7. The number of carbonyl (C=O) groups excluding carboxylic acids is 2. The molecule has 17 heavy (non-hydrogen) atoms. The predicted molar refractivity (Wildman–Crippen MR) is 66.5 cm³/mol. The van der Waals surface area contributed by atoms with Crippen molar-refractivity contribution in [2.24, 2.45) is 11.1 Å². The second-order valence-corrected chi connectivity index (χ2v) is 6.09. The Morgan fingerprint density at radius 2 is 2.12 bits per heavy atom. The van der Waals surface area contributed by atoms with E-state index in [0.717, 1.165) is 12.1 Å². The lowest BCUT2D eigenvalue weighted by Gasteiger charge is -2.26. The highest BCUT2D eigenvalue weighted by molar-refractivity contribution is 7.17. The number of hydrogen-bond acceptors (Lipinski definition) is 4. The monoisotopic (exact) mass is 253 g/mol. The van der Waals surface area contributed by atoms with Gasteiger partial charge in [-0.25, -0.2) is 9.78 Å². The molecule has 0 saturated carbocycles. The Bertz CT molecular complexity index is 493. The fourth-order valence-electron chi connectivity index (χ4n) is 1.95. The molecule has 92 valence electrons. The van der Waals surface area contributed by atoms with Crippen molar-refractivity contribution in [3.8, 4) is 0 Å². The summed E-state index contributed by atoms with van der Waals surface area (Å²) in [4.78, 5) is 29.3. The number of rotatable bonds is 1. The molecule has 0 aliphatic heterocycles. The molecule has 0 spiro atoms. The van der Waals surface area contributed by atoms with Gasteiger partial charge in [0.15, 0.2) is 10.9 Å². The van der Waals surface area contributed by atoms with Crippen LogP contribution in [0.1, 0.15) is 35.6 Å². The van der Waals surface area contributed by atoms with E-state index in [-0.39, 0.29) is 11.2 Å². The number of aromatic nitrogens is 1. The molecule has 1 aliphatic rings. The smallest absolute Gasteiger partial charge is 0.320 e. The van der Waals surface area contributed by atoms with Gasteiger partial charge >= 0.3 is 6.03 Å². The van der Waals surface area contributed by atoms with Crippen molar-refractivity contribution in [2.75, 3.05) is 11.9 Å². The number of Topliss-reactive ketones (excluding diaryl/α,β-unsaturated/α-hetero) is 1. The quantitative estimate of drug-likeness (QED) is 0.829. The Morgan fingerprint density at radius 1 is 1.47 bits per heavy atom. The largest absolute Gasteiger partial charge is 0.351 e. The van der Waals surface area contributed by atoms with Crippen LogP contribution in [-0.4, -0.2) is 23.8 Å². The van der Waals surface area contributed by atoms with Gasteiger partial charge in [-0.1, -0.05) is 25.2 Å². The summed E-state index contributed by atoms with van der Waals surface area (Å²) in [6.45, 7) is 4.09. The molecule has 0 bridgehead atoms. The zero-order valence-corrected chi connectivity index (χ0v) is 10.9. The van der Waals surface area contributed by atoms with E-state index in [1.54, 1.807) is 7.05 Å². The number of amides is 2. The Hall–Kier alpha value is -1.43. The molecule has 1 aliphatic carbocycles. The lowest BCUT2D eigenvalue weighted by atomic mass is 9.78. The molecule has 1 aromatic heterocycles. The lowest BCUT2D eigenvalue weighted by molar-refractivity contribution is 0.0916. The average Bonchev–Trinajstić information content (AvgIpc) is 2.58. The van der Waals surface area contributed by atoms with Crippen molar-refractivity contribution in [3.05, 3.63) is 10.6 Å². The number of fused-ring (bicyclic) bond motifs is 1. The van der Waals surface area contributed by atoms with E-state index in [9.17, 15) is 9.59 Å². The number of nitrogens with two attached hydrogens (primary N) is 1. The van der Waals surface area contributed by atoms with Gasteiger partial charge in [0.05, 0.1) is 10.6 Å². The Labute approximate surface area is 104 Å². The van der Waals surface area contributed by atoms with Crippen LogP contribution in [0.15, 0.2) is 0 Å². The second kappa shape index (κ2) is 3.80. The number of anilines is 1. The van der Waals surface area contributed by atoms with E-state index in [2.05, 4.69) is 4.98 Å². The van der Waals surface area contributed by atoms with Gasteiger partial charge in [0.1, 0.15) is 0 Å². The third-order valence-electron chi connectivity index (χ3n) is 2.84. The number of thiazole rings is 1. The summed E-state index contributed by atoms with van der Waals surface area (Å²) >= 11 is 1.25. The van der Waals surface area contributed by atoms with Crippen molar-refractivity contribution in [1.29, 1.82) is 0 Å². The maximum atomic E-state index is 11.9. The molecule has 6 heteroatoms. The molecule has 0 saturated heterocycles. The number of primary amides is 1. The first kappa shape index (κ1) is 12.0. The number of hydrogen-bond donors (Lipinski definition) is 1. The van der Waals surface area contributed by atoms with E-state index < -0.39 is 6.03 Å². The van der Waals surface area contributed by atoms with Crippen molar-refractivity contribution >= 4 is 28.3 Å². The summed E-state index contributed by atoms with van der Waals surface area (Å²) in [5, 5.41) is 0.494. The molecule has 1 aromatic rings. The van der Waals surface area contributed by atoms with Gasteiger partial charge in [-0.3, -0.25) is 9.69 Å². The fraction of sp³-hybridized carbons (Fsp3) is 0.545. The highest BCUT2D eigenvalue weighted by atomic mass is 32.1. The summed E-state index contributed by atoms with van der Waals surface area (Å²) < 4.78 is 0. The molecule has 0 radical (unpaired) electrons. The molecular formula is C11H15N3O2S. The van der Waals surface area contributed by atoms with Gasteiger partial charge in [0.2, 0.25) is 0 Å². The van der Waals surface area contributed by atoms with E-state index in [4.69, 9.17) is 5.73 Å². The Kier molecular flexibility index (Phi) is 2.69. The predicted octanol–water partition coefficient (Wildman–Crippen LogP) is 1.81. The SMILES string of the molecule is CN(C(N)=O)c1nc2c(s1)C(=O)CC(C)(C)C2. The average molecular weight is 253 g/mol. The van der Waals surface area contributed by atoms with Gasteiger partial charge in [-0.2, -0.15) is 0 Å². The number of urea groups is 1. The first-order valence-electron chi connectivity index (χ1n) is 5.36. The molecule has 2 N–H and O–H groups in total. The van der Waals surface area contributed by atoms with Crippen LogP contribution in [0.25, 0.3) is 0 Å². The summed E-state index contributed by atoms with van der Waals surface area (Å²) in [6, 6.07) is -0.567. The minimum absolute atomic E-state index is 0.0548. The van der Waals surface area contributed by atoms with Crippen molar-refractivity contribution in [3.63, 3.8) is 0 Å². The maximum Gasteiger partial charge on any atom is 0.320 e. The second-order valence-electron chi connectivity index (χ2n) is 5.11. The highest BCUT2D eigenvalue weighted by Crippen LogP contribution is 2.38. The van der Waals surface area contributed by atoms with Gasteiger partial charge in [0.25, 0.3) is 0 Å². The molecule has 1 heterocycles. The molecule has 0 aromatic carbocycles. The number of ketones is 1. The fourth-order valence-corrected chi connectivity index (χ4v) is 2.93. The van der Waals surface area contributed by atoms with Gasteiger partial charge < -0.3 is 5.73 Å². The van der Waals surface area contributed by atoms with Crippen molar-refractivity contribution in [2.45, 2.75) is 26.7 Å². The first-order chi connectivity index (χ1) is 7.80. The van der Waals surface area contributed by atoms with Gasteiger partial charge in [0, 0.05) is 13.5 Å². The molecule has 0 unspecified atom stereocenters. The summed E-state index contributed by atoms with van der Waals surface area (Å²) in [5.41, 5.74) is 5.92. The van der Waals surface area contributed by atoms with Crippen LogP contribution in [0.5, 0.6) is 0 Å². The van der Waals surface area contributed by atoms with E-state index in [0.29, 0.717) is 16.4 Å². The van der Waals surface area contributed by atoms with Crippen LogP contribution in [0, 0.1) is 5.41 Å². The zero-order chi connectivity index (χ0) is 12.8. The zero-order valence-electron chi connectivity index (χ0n) is 10.1. The van der Waals surface area contributed by atoms with E-state index >= 15 is 0 Å². The third kappa shape index (κ3) is 2.17. The molecule has 0 atom stereocenters. The Morgan fingerprint density at radius 3 is 2.71 bits per heavy atom. The highest BCUT2D eigenvalue weighted by Gasteiger charge is 2.34. The van der Waals surface area contributed by atoms with Crippen molar-refractivity contribution in [1.82, 2.24) is 4.98 Å². The molecule has 5 nitrogen and oxygen atoms in total. The van der Waals surface area contributed by atoms with Crippen LogP contribution in [0.2, 0.25) is 0 Å².